The lowest BCUT2D eigenvalue weighted by Crippen LogP contribution is -2.27. The Morgan fingerprint density at radius 2 is 2.21 bits per heavy atom. The number of aromatic nitrogens is 3. The average Bonchev–Trinajstić information content (AvgIpc) is 2.43. The molecule has 0 bridgehead atoms. The van der Waals surface area contributed by atoms with E-state index in [1.807, 2.05) is 0 Å². The molecule has 9 heteroatoms. The highest BCUT2D eigenvalue weighted by molar-refractivity contribution is 9.10. The quantitative estimate of drug-likeness (QED) is 0.792. The van der Waals surface area contributed by atoms with Gasteiger partial charge >= 0.3 is 0 Å². The zero-order valence-corrected chi connectivity index (χ0v) is 11.2. The molecule has 0 saturated heterocycles. The van der Waals surface area contributed by atoms with Gasteiger partial charge in [-0.15, -0.1) is 5.10 Å². The molecule has 0 amide bonds. The molecular weight excluding hydrogens is 340 g/mol. The van der Waals surface area contributed by atoms with Gasteiger partial charge < -0.3 is 0 Å². The lowest BCUT2D eigenvalue weighted by atomic mass is 10.8. The van der Waals surface area contributed by atoms with Crippen molar-refractivity contribution in [3.8, 4) is 0 Å². The summed E-state index contributed by atoms with van der Waals surface area (Å²) in [5.41, 5.74) is 0. The van der Waals surface area contributed by atoms with E-state index >= 15 is 0 Å². The van der Waals surface area contributed by atoms with Gasteiger partial charge in [0.1, 0.15) is 0 Å². The molecule has 80 valence electrons. The van der Waals surface area contributed by atoms with E-state index in [0.717, 1.165) is 0 Å². The summed E-state index contributed by atoms with van der Waals surface area (Å²) < 4.78 is 27.1. The molecule has 0 spiro atoms. The van der Waals surface area contributed by atoms with Gasteiger partial charge in [-0.05, 0) is 15.9 Å². The van der Waals surface area contributed by atoms with Crippen LogP contribution in [0.2, 0.25) is 0 Å². The number of rotatable bonds is 4. The topological polar surface area (TPSA) is 76.9 Å². The fourth-order valence-corrected chi connectivity index (χ4v) is 3.43. The summed E-state index contributed by atoms with van der Waals surface area (Å²) in [6.45, 7) is 0.319. The van der Waals surface area contributed by atoms with Crippen LogP contribution in [-0.2, 0) is 17.1 Å². The van der Waals surface area contributed by atoms with Crippen molar-refractivity contribution >= 4 is 41.9 Å². The van der Waals surface area contributed by atoms with Crippen LogP contribution < -0.4 is 4.72 Å². The van der Waals surface area contributed by atoms with Gasteiger partial charge in [-0.25, -0.2) is 17.8 Å². The lowest BCUT2D eigenvalue weighted by Gasteiger charge is -2.04. The Balaban J connectivity index is 3.04. The second-order valence-electron chi connectivity index (χ2n) is 2.40. The first-order valence-corrected chi connectivity index (χ1v) is 6.99. The number of hydrogen-bond acceptors (Lipinski definition) is 4. The van der Waals surface area contributed by atoms with E-state index in [1.165, 1.54) is 11.7 Å². The van der Waals surface area contributed by atoms with Crippen LogP contribution >= 0.6 is 31.9 Å². The van der Waals surface area contributed by atoms with E-state index in [4.69, 9.17) is 0 Å². The minimum Gasteiger partial charge on any atom is -0.235 e. The monoisotopic (exact) mass is 346 g/mol. The summed E-state index contributed by atoms with van der Waals surface area (Å²) in [7, 11) is -2.02. The number of alkyl halides is 1. The molecule has 0 saturated carbocycles. The van der Waals surface area contributed by atoms with Gasteiger partial charge in [0.25, 0.3) is 10.0 Å². The highest BCUT2D eigenvalue weighted by Gasteiger charge is 2.22. The van der Waals surface area contributed by atoms with Crippen molar-refractivity contribution in [3.05, 3.63) is 4.60 Å². The van der Waals surface area contributed by atoms with Crippen LogP contribution in [0.5, 0.6) is 0 Å². The van der Waals surface area contributed by atoms with Crippen LogP contribution in [0, 0.1) is 0 Å². The summed E-state index contributed by atoms with van der Waals surface area (Å²) in [5.74, 6) is 0. The molecule has 14 heavy (non-hydrogen) atoms. The average molecular weight is 348 g/mol. The van der Waals surface area contributed by atoms with Crippen LogP contribution in [0.25, 0.3) is 0 Å². The van der Waals surface area contributed by atoms with Gasteiger partial charge in [-0.2, -0.15) is 0 Å². The Morgan fingerprint density at radius 1 is 1.57 bits per heavy atom. The summed E-state index contributed by atoms with van der Waals surface area (Å²) >= 11 is 6.15. The maximum atomic E-state index is 11.6. The Bertz CT molecular complexity index is 396. The molecule has 0 aliphatic carbocycles. The molecule has 0 aromatic carbocycles. The molecule has 0 aliphatic heterocycles. The summed E-state index contributed by atoms with van der Waals surface area (Å²) in [6.07, 6.45) is 0. The maximum absolute atomic E-state index is 11.6. The van der Waals surface area contributed by atoms with Crippen molar-refractivity contribution in [2.24, 2.45) is 7.05 Å². The standard InChI is InChI=1S/C5H8Br2N4O2S/c1-11-5(4(7)9-10-11)14(12,13)8-3-2-6/h8H,2-3H2,1H3. The summed E-state index contributed by atoms with van der Waals surface area (Å²) in [5, 5.41) is 7.75. The lowest BCUT2D eigenvalue weighted by molar-refractivity contribution is 0.563. The number of sulfonamides is 1. The number of halogens is 2. The van der Waals surface area contributed by atoms with Crippen molar-refractivity contribution < 1.29 is 8.42 Å². The fourth-order valence-electron chi connectivity index (χ4n) is 0.849. The highest BCUT2D eigenvalue weighted by Crippen LogP contribution is 2.17. The molecule has 6 nitrogen and oxygen atoms in total. The van der Waals surface area contributed by atoms with Crippen molar-refractivity contribution in [1.82, 2.24) is 19.7 Å². The van der Waals surface area contributed by atoms with Crippen LogP contribution in [0.3, 0.4) is 0 Å². The molecule has 0 unspecified atom stereocenters. The first kappa shape index (κ1) is 12.1. The first-order valence-electron chi connectivity index (χ1n) is 3.60. The van der Waals surface area contributed by atoms with Crippen LogP contribution in [0.1, 0.15) is 0 Å². The van der Waals surface area contributed by atoms with Crippen molar-refractivity contribution in [2.45, 2.75) is 5.03 Å². The van der Waals surface area contributed by atoms with Gasteiger partial charge in [-0.1, -0.05) is 21.1 Å². The van der Waals surface area contributed by atoms with E-state index in [2.05, 4.69) is 46.9 Å². The van der Waals surface area contributed by atoms with Crippen LogP contribution in [0.4, 0.5) is 0 Å². The van der Waals surface area contributed by atoms with E-state index in [0.29, 0.717) is 11.9 Å². The molecule has 0 atom stereocenters. The molecule has 1 aromatic rings. The van der Waals surface area contributed by atoms with Gasteiger partial charge in [0.2, 0.25) is 5.03 Å². The zero-order valence-electron chi connectivity index (χ0n) is 7.24. The molecule has 1 N–H and O–H groups in total. The number of aryl methyl sites for hydroxylation is 1. The van der Waals surface area contributed by atoms with Crippen molar-refractivity contribution in [1.29, 1.82) is 0 Å². The van der Waals surface area contributed by atoms with Gasteiger partial charge in [0.05, 0.1) is 0 Å². The van der Waals surface area contributed by atoms with E-state index in [9.17, 15) is 8.42 Å². The highest BCUT2D eigenvalue weighted by atomic mass is 79.9. The smallest absolute Gasteiger partial charge is 0.235 e. The SMILES string of the molecule is Cn1nnc(Br)c1S(=O)(=O)NCCBr. The van der Waals surface area contributed by atoms with E-state index in [-0.39, 0.29) is 9.63 Å². The van der Waals surface area contributed by atoms with Crippen molar-refractivity contribution in [2.75, 3.05) is 11.9 Å². The Labute approximate surface area is 98.4 Å². The number of hydrogen-bond donors (Lipinski definition) is 1. The largest absolute Gasteiger partial charge is 0.260 e. The van der Waals surface area contributed by atoms with Crippen LogP contribution in [0.15, 0.2) is 9.63 Å². The third-order valence-electron chi connectivity index (χ3n) is 1.38. The van der Waals surface area contributed by atoms with Gasteiger partial charge in [0.15, 0.2) is 4.60 Å². The fraction of sp³-hybridized carbons (Fsp3) is 0.600. The molecule has 1 aromatic heterocycles. The van der Waals surface area contributed by atoms with Crippen LogP contribution in [-0.4, -0.2) is 35.3 Å². The molecule has 0 fully saturated rings. The molecular formula is C5H8Br2N4O2S. The second-order valence-corrected chi connectivity index (χ2v) is 5.62. The molecule has 0 radical (unpaired) electrons. The predicted molar refractivity (Wildman–Crippen MR) is 57.7 cm³/mol. The summed E-state index contributed by atoms with van der Waals surface area (Å²) in [4.78, 5) is 0. The Morgan fingerprint density at radius 3 is 2.64 bits per heavy atom. The molecule has 0 aliphatic rings. The summed E-state index contributed by atoms with van der Waals surface area (Å²) in [6, 6.07) is 0. The van der Waals surface area contributed by atoms with Gasteiger partial charge in [-0.3, -0.25) is 0 Å². The Hall–Kier alpha value is 0.01000. The van der Waals surface area contributed by atoms with E-state index in [1.54, 1.807) is 0 Å². The maximum Gasteiger partial charge on any atom is 0.260 e. The predicted octanol–water partition coefficient (Wildman–Crippen LogP) is 0.251. The molecule has 1 rings (SSSR count). The first-order chi connectivity index (χ1) is 6.49. The third-order valence-corrected chi connectivity index (χ3v) is 4.12. The molecule has 1 heterocycles. The van der Waals surface area contributed by atoms with E-state index < -0.39 is 10.0 Å². The Kier molecular flexibility index (Phi) is 4.04. The third kappa shape index (κ3) is 2.53. The van der Waals surface area contributed by atoms with Crippen molar-refractivity contribution in [3.63, 3.8) is 0 Å². The normalized spacial score (nSPS) is 11.9. The second kappa shape index (κ2) is 4.69. The zero-order chi connectivity index (χ0) is 10.8. The minimum absolute atomic E-state index is 0.0263. The number of nitrogens with one attached hydrogen (secondary N) is 1. The van der Waals surface area contributed by atoms with Gasteiger partial charge in [0, 0.05) is 18.9 Å². The minimum atomic E-state index is -3.53. The number of nitrogens with zero attached hydrogens (tertiary/aromatic N) is 3.